The Morgan fingerprint density at radius 3 is 2.67 bits per heavy atom. The molecule has 2 N–H and O–H groups in total. The lowest BCUT2D eigenvalue weighted by Gasteiger charge is -2.22. The molecule has 10 nitrogen and oxygen atoms in total. The topological polar surface area (TPSA) is 124 Å². The van der Waals surface area contributed by atoms with Gasteiger partial charge in [-0.1, -0.05) is 30.3 Å². The van der Waals surface area contributed by atoms with E-state index < -0.39 is 17.6 Å². The zero-order chi connectivity index (χ0) is 25.1. The van der Waals surface area contributed by atoms with Crippen LogP contribution in [-0.2, 0) is 16.1 Å². The van der Waals surface area contributed by atoms with Gasteiger partial charge < -0.3 is 15.0 Å². The molecule has 182 valence electrons. The molecule has 0 bridgehead atoms. The number of esters is 1. The van der Waals surface area contributed by atoms with Crippen LogP contribution in [0, 0.1) is 0 Å². The minimum absolute atomic E-state index is 0.108. The van der Waals surface area contributed by atoms with Crippen LogP contribution in [0.4, 0.5) is 5.69 Å². The van der Waals surface area contributed by atoms with Crippen LogP contribution in [0.1, 0.15) is 38.2 Å². The molecule has 0 aliphatic rings. The van der Waals surface area contributed by atoms with E-state index in [4.69, 9.17) is 4.74 Å². The number of carbonyl (C=O) groups excluding carboxylic acids is 1. The summed E-state index contributed by atoms with van der Waals surface area (Å²) < 4.78 is 6.95. The normalized spacial score (nSPS) is 12.4. The van der Waals surface area contributed by atoms with Crippen LogP contribution in [0.2, 0.25) is 0 Å². The van der Waals surface area contributed by atoms with Gasteiger partial charge in [-0.15, -0.1) is 5.10 Å². The summed E-state index contributed by atoms with van der Waals surface area (Å²) in [6.07, 6.45) is 3.42. The van der Waals surface area contributed by atoms with Gasteiger partial charge in [0, 0.05) is 17.4 Å². The van der Waals surface area contributed by atoms with Crippen molar-refractivity contribution in [2.75, 3.05) is 5.32 Å². The Hall–Kier alpha value is -4.60. The van der Waals surface area contributed by atoms with Gasteiger partial charge in [0.25, 0.3) is 0 Å². The van der Waals surface area contributed by atoms with Crippen LogP contribution >= 0.6 is 0 Å². The molecule has 5 aromatic rings. The quantitative estimate of drug-likeness (QED) is 0.332. The number of aromatic amines is 1. The number of H-pyrrole nitrogens is 1. The Morgan fingerprint density at radius 1 is 1.08 bits per heavy atom. The summed E-state index contributed by atoms with van der Waals surface area (Å²) in [5.74, 6) is 0.0651. The molecule has 3 heterocycles. The molecule has 2 aromatic carbocycles. The Labute approximate surface area is 207 Å². The van der Waals surface area contributed by atoms with E-state index in [1.807, 2.05) is 81.4 Å². The van der Waals surface area contributed by atoms with Gasteiger partial charge in [-0.3, -0.25) is 9.78 Å². The highest BCUT2D eigenvalue weighted by Crippen LogP contribution is 2.28. The molecule has 1 atom stereocenters. The monoisotopic (exact) mass is 482 g/mol. The van der Waals surface area contributed by atoms with Gasteiger partial charge >= 0.3 is 5.97 Å². The highest BCUT2D eigenvalue weighted by Gasteiger charge is 2.25. The molecule has 0 amide bonds. The number of hydrogen-bond acceptors (Lipinski definition) is 8. The molecule has 0 saturated carbocycles. The van der Waals surface area contributed by atoms with Gasteiger partial charge in [0.05, 0.1) is 23.1 Å². The first-order valence-corrected chi connectivity index (χ1v) is 11.5. The number of pyridine rings is 1. The number of fused-ring (bicyclic) bond motifs is 1. The molecule has 5 rings (SSSR count). The van der Waals surface area contributed by atoms with Crippen LogP contribution in [0.5, 0.6) is 0 Å². The average Bonchev–Trinajstić information content (AvgIpc) is 3.51. The molecular formula is C26H26N8O2. The van der Waals surface area contributed by atoms with Crippen molar-refractivity contribution < 1.29 is 9.53 Å². The number of hydrogen-bond donors (Lipinski definition) is 2. The number of anilines is 1. The first-order chi connectivity index (χ1) is 17.4. The van der Waals surface area contributed by atoms with Crippen molar-refractivity contribution in [3.8, 4) is 11.3 Å². The molecule has 0 spiro atoms. The van der Waals surface area contributed by atoms with Crippen molar-refractivity contribution >= 4 is 22.7 Å². The maximum Gasteiger partial charge on any atom is 0.328 e. The average molecular weight is 483 g/mol. The number of rotatable bonds is 7. The molecule has 3 aromatic heterocycles. The lowest BCUT2D eigenvalue weighted by atomic mass is 10.0. The minimum Gasteiger partial charge on any atom is -0.459 e. The fourth-order valence-corrected chi connectivity index (χ4v) is 3.90. The highest BCUT2D eigenvalue weighted by molar-refractivity contribution is 5.79. The van der Waals surface area contributed by atoms with Crippen molar-refractivity contribution in [1.82, 2.24) is 35.2 Å². The number of aromatic nitrogens is 7. The predicted molar refractivity (Wildman–Crippen MR) is 135 cm³/mol. The van der Waals surface area contributed by atoms with Crippen LogP contribution in [0.15, 0.2) is 73.2 Å². The Balaban J connectivity index is 1.49. The number of tetrazole rings is 1. The zero-order valence-electron chi connectivity index (χ0n) is 20.2. The summed E-state index contributed by atoms with van der Waals surface area (Å²) >= 11 is 0. The van der Waals surface area contributed by atoms with E-state index in [9.17, 15) is 4.79 Å². The summed E-state index contributed by atoms with van der Waals surface area (Å²) in [5, 5.41) is 15.7. The summed E-state index contributed by atoms with van der Waals surface area (Å²) in [5.41, 5.74) is 4.79. The maximum atomic E-state index is 12.5. The fraction of sp³-hybridized carbons (Fsp3) is 0.231. The number of benzene rings is 2. The van der Waals surface area contributed by atoms with E-state index in [1.54, 1.807) is 12.5 Å². The summed E-state index contributed by atoms with van der Waals surface area (Å²) in [6, 6.07) is 19.2. The summed E-state index contributed by atoms with van der Waals surface area (Å²) in [4.78, 5) is 24.4. The second-order valence-electron chi connectivity index (χ2n) is 9.33. The number of carbonyl (C=O) groups is 1. The van der Waals surface area contributed by atoms with Gasteiger partial charge in [0.2, 0.25) is 0 Å². The second kappa shape index (κ2) is 9.57. The number of ether oxygens (including phenoxy) is 1. The molecule has 10 heteroatoms. The minimum atomic E-state index is -0.607. The van der Waals surface area contributed by atoms with Gasteiger partial charge in [-0.25, -0.2) is 9.67 Å². The summed E-state index contributed by atoms with van der Waals surface area (Å²) in [6.45, 7) is 5.36. The fourth-order valence-electron chi connectivity index (χ4n) is 3.90. The smallest absolute Gasteiger partial charge is 0.328 e. The Morgan fingerprint density at radius 2 is 1.92 bits per heavy atom. The third kappa shape index (κ3) is 5.22. The van der Waals surface area contributed by atoms with Crippen molar-refractivity contribution in [3.05, 3.63) is 84.6 Å². The van der Waals surface area contributed by atoms with E-state index >= 15 is 0 Å². The number of nitrogens with zero attached hydrogens (tertiary/aromatic N) is 6. The molecular weight excluding hydrogens is 456 g/mol. The predicted octanol–water partition coefficient (Wildman–Crippen LogP) is 4.15. The van der Waals surface area contributed by atoms with E-state index in [1.165, 1.54) is 4.68 Å². The second-order valence-corrected chi connectivity index (χ2v) is 9.33. The van der Waals surface area contributed by atoms with Gasteiger partial charge in [-0.2, -0.15) is 0 Å². The molecule has 0 aliphatic heterocycles. The van der Waals surface area contributed by atoms with Crippen molar-refractivity contribution in [1.29, 1.82) is 0 Å². The third-order valence-electron chi connectivity index (χ3n) is 5.45. The largest absolute Gasteiger partial charge is 0.459 e. The molecule has 0 fully saturated rings. The molecule has 0 aliphatic carbocycles. The maximum absolute atomic E-state index is 12.5. The van der Waals surface area contributed by atoms with Gasteiger partial charge in [0.15, 0.2) is 5.82 Å². The van der Waals surface area contributed by atoms with E-state index in [-0.39, 0.29) is 6.54 Å². The number of nitrogens with one attached hydrogen (secondary N) is 2. The lowest BCUT2D eigenvalue weighted by Crippen LogP contribution is -2.28. The third-order valence-corrected chi connectivity index (χ3v) is 5.45. The van der Waals surface area contributed by atoms with Crippen LogP contribution in [0.3, 0.4) is 0 Å². The van der Waals surface area contributed by atoms with E-state index in [2.05, 4.69) is 35.8 Å². The zero-order valence-corrected chi connectivity index (χ0v) is 20.2. The molecule has 36 heavy (non-hydrogen) atoms. The van der Waals surface area contributed by atoms with Gasteiger partial charge in [0.1, 0.15) is 18.2 Å². The first kappa shape index (κ1) is 23.2. The standard InChI is InChI=1S/C26H26N8O2/c1-26(2,3)36-23(35)15-34-25(31-32-33-34)24(30-19-11-12-21-22(14-19)29-16-28-21)18-9-7-17(8-10-18)20-6-4-5-13-27-20/h4-14,16,24,30H,15H2,1-3H3,(H,28,29). The highest BCUT2D eigenvalue weighted by atomic mass is 16.6. The van der Waals surface area contributed by atoms with Crippen molar-refractivity contribution in [2.45, 2.75) is 39.0 Å². The van der Waals surface area contributed by atoms with E-state index in [0.29, 0.717) is 5.82 Å². The molecule has 0 radical (unpaired) electrons. The van der Waals surface area contributed by atoms with Crippen LogP contribution in [0.25, 0.3) is 22.3 Å². The number of imidazole rings is 1. The van der Waals surface area contributed by atoms with Crippen LogP contribution in [-0.4, -0.2) is 46.7 Å². The van der Waals surface area contributed by atoms with Crippen LogP contribution < -0.4 is 5.32 Å². The summed E-state index contributed by atoms with van der Waals surface area (Å²) in [7, 11) is 0. The Bertz CT molecular complexity index is 1470. The first-order valence-electron chi connectivity index (χ1n) is 11.5. The Kier molecular flexibility index (Phi) is 6.16. The van der Waals surface area contributed by atoms with Crippen molar-refractivity contribution in [2.24, 2.45) is 0 Å². The molecule has 0 saturated heterocycles. The lowest BCUT2D eigenvalue weighted by molar-refractivity contribution is -0.155. The van der Waals surface area contributed by atoms with Crippen molar-refractivity contribution in [3.63, 3.8) is 0 Å². The SMILES string of the molecule is CC(C)(C)OC(=O)Cn1nnnc1C(Nc1ccc2nc[nH]c2c1)c1ccc(-c2ccccn2)cc1. The van der Waals surface area contributed by atoms with Gasteiger partial charge in [-0.05, 0) is 67.1 Å². The molecule has 1 unspecified atom stereocenters. The van der Waals surface area contributed by atoms with E-state index in [0.717, 1.165) is 33.5 Å².